The molecule has 1 heterocycles. The van der Waals surface area contributed by atoms with Gasteiger partial charge in [-0.1, -0.05) is 0 Å². The summed E-state index contributed by atoms with van der Waals surface area (Å²) in [7, 11) is 1.46. The lowest BCUT2D eigenvalue weighted by Gasteiger charge is -2.17. The quantitative estimate of drug-likeness (QED) is 0.795. The van der Waals surface area contributed by atoms with Gasteiger partial charge in [0.05, 0.1) is 5.75 Å². The lowest BCUT2D eigenvalue weighted by atomic mass is 10.1. The molecule has 1 atom stereocenters. The molecule has 0 saturated carbocycles. The fourth-order valence-electron chi connectivity index (χ4n) is 2.27. The molecule has 0 aliphatic carbocycles. The molecule has 1 aromatic rings. The number of hydrogen-bond acceptors (Lipinski definition) is 3. The number of halogens is 3. The van der Waals surface area contributed by atoms with Gasteiger partial charge in [-0.2, -0.15) is 0 Å². The first-order chi connectivity index (χ1) is 9.24. The molecule has 0 radical (unpaired) electrons. The van der Waals surface area contributed by atoms with E-state index in [0.29, 0.717) is 0 Å². The van der Waals surface area contributed by atoms with Crippen LogP contribution in [0.1, 0.15) is 12.0 Å². The van der Waals surface area contributed by atoms with Gasteiger partial charge in [-0.25, -0.2) is 17.2 Å². The minimum absolute atomic E-state index is 0.0445. The highest BCUT2D eigenvalue weighted by atomic mass is 35.7. The Morgan fingerprint density at radius 3 is 2.70 bits per heavy atom. The van der Waals surface area contributed by atoms with Crippen LogP contribution < -0.4 is 0 Å². The van der Waals surface area contributed by atoms with Crippen molar-refractivity contribution in [2.45, 2.75) is 13.0 Å². The topological polar surface area (TPSA) is 54.5 Å². The number of rotatable bonds is 4. The van der Waals surface area contributed by atoms with Gasteiger partial charge in [0, 0.05) is 41.7 Å². The zero-order valence-corrected chi connectivity index (χ0v) is 11.9. The zero-order valence-electron chi connectivity index (χ0n) is 10.4. The highest BCUT2D eigenvalue weighted by Gasteiger charge is 2.32. The first-order valence-electron chi connectivity index (χ1n) is 5.88. The summed E-state index contributed by atoms with van der Waals surface area (Å²) >= 11 is 0. The van der Waals surface area contributed by atoms with E-state index in [9.17, 15) is 22.0 Å². The molecule has 1 saturated heterocycles. The van der Waals surface area contributed by atoms with E-state index in [1.807, 2.05) is 0 Å². The smallest absolute Gasteiger partial charge is 0.232 e. The third-order valence-corrected chi connectivity index (χ3v) is 4.35. The molecule has 8 heteroatoms. The minimum Gasteiger partial charge on any atom is -0.338 e. The van der Waals surface area contributed by atoms with Gasteiger partial charge in [0.1, 0.15) is 11.6 Å². The Morgan fingerprint density at radius 1 is 1.35 bits per heavy atom. The average molecular weight is 324 g/mol. The van der Waals surface area contributed by atoms with Crippen LogP contribution in [-0.2, 0) is 20.4 Å². The molecule has 1 aliphatic rings. The third-order valence-electron chi connectivity index (χ3n) is 3.10. The molecule has 0 spiro atoms. The van der Waals surface area contributed by atoms with E-state index in [-0.39, 0.29) is 36.7 Å². The Morgan fingerprint density at radius 2 is 2.05 bits per heavy atom. The van der Waals surface area contributed by atoms with E-state index in [4.69, 9.17) is 10.7 Å². The molecule has 1 amide bonds. The Kier molecular flexibility index (Phi) is 4.29. The number of hydrogen-bond donors (Lipinski definition) is 0. The van der Waals surface area contributed by atoms with E-state index in [0.717, 1.165) is 18.2 Å². The Balaban J connectivity index is 2.07. The first-order valence-corrected chi connectivity index (χ1v) is 8.36. The van der Waals surface area contributed by atoms with Crippen molar-refractivity contribution in [1.29, 1.82) is 0 Å². The van der Waals surface area contributed by atoms with Gasteiger partial charge in [-0.15, -0.1) is 0 Å². The summed E-state index contributed by atoms with van der Waals surface area (Å²) in [5.41, 5.74) is 0.0627. The van der Waals surface area contributed by atoms with Crippen molar-refractivity contribution in [2.24, 2.45) is 5.92 Å². The molecule has 0 aromatic heterocycles. The first kappa shape index (κ1) is 15.2. The molecule has 2 rings (SSSR count). The highest BCUT2D eigenvalue weighted by molar-refractivity contribution is 8.13. The van der Waals surface area contributed by atoms with E-state index >= 15 is 0 Å². The van der Waals surface area contributed by atoms with Gasteiger partial charge < -0.3 is 4.90 Å². The Hall–Kier alpha value is -1.21. The monoisotopic (exact) mass is 323 g/mol. The minimum atomic E-state index is -3.68. The highest BCUT2D eigenvalue weighted by Crippen LogP contribution is 2.23. The molecular formula is C12H12ClF2NO3S. The largest absolute Gasteiger partial charge is 0.338 e. The number of likely N-dealkylation sites (tertiary alicyclic amines) is 1. The molecule has 4 nitrogen and oxygen atoms in total. The maximum Gasteiger partial charge on any atom is 0.232 e. The van der Waals surface area contributed by atoms with Crippen molar-refractivity contribution in [2.75, 3.05) is 12.3 Å². The van der Waals surface area contributed by atoms with E-state index < -0.39 is 26.6 Å². The van der Waals surface area contributed by atoms with Crippen molar-refractivity contribution < 1.29 is 22.0 Å². The van der Waals surface area contributed by atoms with Crippen molar-refractivity contribution in [3.8, 4) is 0 Å². The van der Waals surface area contributed by atoms with Gasteiger partial charge in [-0.3, -0.25) is 4.79 Å². The van der Waals surface area contributed by atoms with Crippen LogP contribution in [0.3, 0.4) is 0 Å². The summed E-state index contributed by atoms with van der Waals surface area (Å²) in [5, 5.41) is 0. The molecule has 1 fully saturated rings. The molecule has 0 bridgehead atoms. The third kappa shape index (κ3) is 3.89. The van der Waals surface area contributed by atoms with Gasteiger partial charge in [-0.05, 0) is 18.2 Å². The van der Waals surface area contributed by atoms with Crippen LogP contribution in [0, 0.1) is 17.6 Å². The van der Waals surface area contributed by atoms with E-state index in [1.54, 1.807) is 0 Å². The number of benzene rings is 1. The zero-order chi connectivity index (χ0) is 14.9. The predicted octanol–water partition coefficient (Wildman–Crippen LogP) is 1.88. The van der Waals surface area contributed by atoms with Gasteiger partial charge in [0.2, 0.25) is 15.0 Å². The number of nitrogens with zero attached hydrogens (tertiary/aromatic N) is 1. The van der Waals surface area contributed by atoms with E-state index in [2.05, 4.69) is 0 Å². The van der Waals surface area contributed by atoms with Crippen LogP contribution in [0.2, 0.25) is 0 Å². The molecule has 20 heavy (non-hydrogen) atoms. The second kappa shape index (κ2) is 5.65. The van der Waals surface area contributed by atoms with Crippen LogP contribution in [0.25, 0.3) is 0 Å². The van der Waals surface area contributed by atoms with Crippen molar-refractivity contribution in [1.82, 2.24) is 4.90 Å². The summed E-state index contributed by atoms with van der Waals surface area (Å²) in [4.78, 5) is 13.1. The SMILES string of the molecule is O=C1CC(CS(=O)(=O)Cl)CN1Cc1cc(F)ccc1F. The normalized spacial score (nSPS) is 19.6. The molecule has 1 aromatic carbocycles. The van der Waals surface area contributed by atoms with Gasteiger partial charge >= 0.3 is 0 Å². The molecule has 1 unspecified atom stereocenters. The summed E-state index contributed by atoms with van der Waals surface area (Å²) in [6, 6.07) is 3.01. The predicted molar refractivity (Wildman–Crippen MR) is 69.5 cm³/mol. The molecule has 110 valence electrons. The van der Waals surface area contributed by atoms with Gasteiger partial charge in [0.15, 0.2) is 0 Å². The summed E-state index contributed by atoms with van der Waals surface area (Å²) < 4.78 is 48.5. The van der Waals surface area contributed by atoms with Gasteiger partial charge in [0.25, 0.3) is 0 Å². The molecule has 1 aliphatic heterocycles. The lowest BCUT2D eigenvalue weighted by Crippen LogP contribution is -2.26. The fraction of sp³-hybridized carbons (Fsp3) is 0.417. The van der Waals surface area contributed by atoms with Crippen molar-refractivity contribution >= 4 is 25.6 Å². The maximum absolute atomic E-state index is 13.5. The van der Waals surface area contributed by atoms with Crippen LogP contribution in [0.15, 0.2) is 18.2 Å². The summed E-state index contributed by atoms with van der Waals surface area (Å²) in [6.07, 6.45) is 0.0445. The van der Waals surface area contributed by atoms with Crippen molar-refractivity contribution in [3.05, 3.63) is 35.4 Å². The molecule has 0 N–H and O–H groups in total. The van der Waals surface area contributed by atoms with Crippen molar-refractivity contribution in [3.63, 3.8) is 0 Å². The standard InChI is InChI=1S/C12H12ClF2NO3S/c13-20(18,19)7-8-3-12(17)16(5-8)6-9-4-10(14)1-2-11(9)15/h1-2,4,8H,3,5-7H2. The second-order valence-corrected chi connectivity index (χ2v) is 7.61. The second-order valence-electron chi connectivity index (χ2n) is 4.79. The summed E-state index contributed by atoms with van der Waals surface area (Å²) in [5.74, 6) is -2.20. The van der Waals surface area contributed by atoms with E-state index in [1.165, 1.54) is 4.90 Å². The van der Waals surface area contributed by atoms with Crippen LogP contribution >= 0.6 is 10.7 Å². The number of carbonyl (C=O) groups is 1. The van der Waals surface area contributed by atoms with Crippen LogP contribution in [0.5, 0.6) is 0 Å². The van der Waals surface area contributed by atoms with Crippen LogP contribution in [0.4, 0.5) is 8.78 Å². The maximum atomic E-state index is 13.5. The average Bonchev–Trinajstić information content (AvgIpc) is 2.62. The lowest BCUT2D eigenvalue weighted by molar-refractivity contribution is -0.128. The molecular weight excluding hydrogens is 312 g/mol. The van der Waals surface area contributed by atoms with Crippen LogP contribution in [-0.4, -0.2) is 31.5 Å². The Labute approximate surface area is 119 Å². The number of carbonyl (C=O) groups excluding carboxylic acids is 1. The fourth-order valence-corrected chi connectivity index (χ4v) is 3.59. The number of amides is 1. The Bertz CT molecular complexity index is 636. The summed E-state index contributed by atoms with van der Waals surface area (Å²) in [6.45, 7) is 0.0853.